The van der Waals surface area contributed by atoms with Gasteiger partial charge in [0.15, 0.2) is 0 Å². The number of aromatic nitrogens is 1. The first-order valence-corrected chi connectivity index (χ1v) is 5.98. The van der Waals surface area contributed by atoms with Gasteiger partial charge in [-0.1, -0.05) is 6.92 Å². The molecule has 84 valence electrons. The average Bonchev–Trinajstić information content (AvgIpc) is 2.24. The second kappa shape index (κ2) is 6.08. The molecule has 0 bridgehead atoms. The van der Waals surface area contributed by atoms with Gasteiger partial charge in [0.1, 0.15) is 5.82 Å². The molecular weight excluding hydrogens is 254 g/mol. The van der Waals surface area contributed by atoms with Crippen molar-refractivity contribution in [3.8, 4) is 0 Å². The van der Waals surface area contributed by atoms with E-state index in [1.807, 2.05) is 12.3 Å². The Kier molecular flexibility index (Phi) is 5.05. The van der Waals surface area contributed by atoms with Crippen LogP contribution in [0.5, 0.6) is 0 Å². The summed E-state index contributed by atoms with van der Waals surface area (Å²) in [5.41, 5.74) is 1.20. The second-order valence-electron chi connectivity index (χ2n) is 3.61. The Morgan fingerprint density at radius 2 is 2.27 bits per heavy atom. The van der Waals surface area contributed by atoms with Gasteiger partial charge in [0.2, 0.25) is 0 Å². The van der Waals surface area contributed by atoms with E-state index in [9.17, 15) is 0 Å². The van der Waals surface area contributed by atoms with Gasteiger partial charge in [-0.2, -0.15) is 0 Å². The van der Waals surface area contributed by atoms with Crippen LogP contribution in [0, 0.1) is 6.92 Å². The van der Waals surface area contributed by atoms with Crippen molar-refractivity contribution in [2.75, 3.05) is 32.0 Å². The molecule has 0 fully saturated rings. The van der Waals surface area contributed by atoms with Crippen molar-refractivity contribution in [1.29, 1.82) is 0 Å². The minimum absolute atomic E-state index is 0.916. The molecule has 0 unspecified atom stereocenters. The first-order valence-electron chi connectivity index (χ1n) is 5.18. The molecule has 0 spiro atoms. The van der Waals surface area contributed by atoms with E-state index >= 15 is 0 Å². The van der Waals surface area contributed by atoms with Crippen molar-refractivity contribution >= 4 is 21.7 Å². The lowest BCUT2D eigenvalue weighted by atomic mass is 10.3. The molecule has 0 aliphatic carbocycles. The summed E-state index contributed by atoms with van der Waals surface area (Å²) in [5.74, 6) is 0.930. The van der Waals surface area contributed by atoms with E-state index in [1.165, 1.54) is 5.56 Å². The lowest BCUT2D eigenvalue weighted by Gasteiger charge is -2.15. The molecule has 15 heavy (non-hydrogen) atoms. The average molecular weight is 272 g/mol. The van der Waals surface area contributed by atoms with Gasteiger partial charge in [0.05, 0.1) is 4.47 Å². The Balaban J connectivity index is 2.47. The predicted molar refractivity (Wildman–Crippen MR) is 68.3 cm³/mol. The second-order valence-corrected chi connectivity index (χ2v) is 4.41. The molecule has 0 aromatic carbocycles. The van der Waals surface area contributed by atoms with Gasteiger partial charge in [-0.05, 0) is 48.1 Å². The number of nitrogens with one attached hydrogen (secondary N) is 1. The summed E-state index contributed by atoms with van der Waals surface area (Å²) in [5, 5.41) is 3.32. The van der Waals surface area contributed by atoms with E-state index in [0.29, 0.717) is 0 Å². The zero-order valence-electron chi connectivity index (χ0n) is 9.55. The van der Waals surface area contributed by atoms with Crippen LogP contribution in [0.2, 0.25) is 0 Å². The van der Waals surface area contributed by atoms with Crippen LogP contribution in [0.25, 0.3) is 0 Å². The minimum Gasteiger partial charge on any atom is -0.368 e. The summed E-state index contributed by atoms with van der Waals surface area (Å²) >= 11 is 3.53. The molecule has 3 nitrogen and oxygen atoms in total. The van der Waals surface area contributed by atoms with Gasteiger partial charge in [-0.3, -0.25) is 0 Å². The highest BCUT2D eigenvalue weighted by atomic mass is 79.9. The van der Waals surface area contributed by atoms with Gasteiger partial charge in [0, 0.05) is 19.3 Å². The molecule has 0 aliphatic heterocycles. The van der Waals surface area contributed by atoms with Crippen LogP contribution in [0.15, 0.2) is 16.7 Å². The van der Waals surface area contributed by atoms with Gasteiger partial charge in [0.25, 0.3) is 0 Å². The third kappa shape index (κ3) is 3.80. The molecule has 0 aliphatic rings. The topological polar surface area (TPSA) is 28.2 Å². The smallest absolute Gasteiger partial charge is 0.140 e. The highest BCUT2D eigenvalue weighted by Gasteiger charge is 2.02. The first-order chi connectivity index (χ1) is 7.15. The Labute approximate surface area is 100 Å². The van der Waals surface area contributed by atoms with Crippen LogP contribution in [0.4, 0.5) is 5.82 Å². The Morgan fingerprint density at radius 1 is 1.53 bits per heavy atom. The third-order valence-electron chi connectivity index (χ3n) is 2.41. The molecule has 4 heteroatoms. The van der Waals surface area contributed by atoms with Crippen LogP contribution < -0.4 is 5.32 Å². The van der Waals surface area contributed by atoms with Crippen molar-refractivity contribution < 1.29 is 0 Å². The maximum absolute atomic E-state index is 4.29. The first kappa shape index (κ1) is 12.5. The Bertz CT molecular complexity index is 315. The summed E-state index contributed by atoms with van der Waals surface area (Å²) in [4.78, 5) is 6.55. The molecule has 1 heterocycles. The summed E-state index contributed by atoms with van der Waals surface area (Å²) in [6.07, 6.45) is 1.83. The van der Waals surface area contributed by atoms with E-state index in [0.717, 1.165) is 29.9 Å². The SMILES string of the molecule is CCN(C)CCNc1nccc(C)c1Br. The van der Waals surface area contributed by atoms with Crippen LogP contribution in [-0.4, -0.2) is 36.6 Å². The van der Waals surface area contributed by atoms with Crippen molar-refractivity contribution in [3.05, 3.63) is 22.3 Å². The number of likely N-dealkylation sites (N-methyl/N-ethyl adjacent to an activating group) is 1. The number of hydrogen-bond donors (Lipinski definition) is 1. The maximum Gasteiger partial charge on any atom is 0.140 e. The summed E-state index contributed by atoms with van der Waals surface area (Å²) < 4.78 is 1.06. The molecule has 1 N–H and O–H groups in total. The number of rotatable bonds is 5. The highest BCUT2D eigenvalue weighted by Crippen LogP contribution is 2.22. The van der Waals surface area contributed by atoms with Crippen LogP contribution in [-0.2, 0) is 0 Å². The number of halogens is 1. The normalized spacial score (nSPS) is 10.7. The molecule has 1 rings (SSSR count). The number of nitrogens with zero attached hydrogens (tertiary/aromatic N) is 2. The van der Waals surface area contributed by atoms with Gasteiger partial charge in [-0.25, -0.2) is 4.98 Å². The van der Waals surface area contributed by atoms with Crippen molar-refractivity contribution in [2.24, 2.45) is 0 Å². The van der Waals surface area contributed by atoms with Gasteiger partial charge < -0.3 is 10.2 Å². The third-order valence-corrected chi connectivity index (χ3v) is 3.41. The lowest BCUT2D eigenvalue weighted by Crippen LogP contribution is -2.25. The quantitative estimate of drug-likeness (QED) is 0.892. The molecule has 0 atom stereocenters. The number of pyridine rings is 1. The van der Waals surface area contributed by atoms with Crippen LogP contribution in [0.1, 0.15) is 12.5 Å². The van der Waals surface area contributed by atoms with E-state index < -0.39 is 0 Å². The summed E-state index contributed by atoms with van der Waals surface area (Å²) in [6, 6.07) is 1.99. The van der Waals surface area contributed by atoms with Gasteiger partial charge in [-0.15, -0.1) is 0 Å². The Hall–Kier alpha value is -0.610. The van der Waals surface area contributed by atoms with Crippen molar-refractivity contribution in [1.82, 2.24) is 9.88 Å². The fourth-order valence-corrected chi connectivity index (χ4v) is 1.56. The largest absolute Gasteiger partial charge is 0.368 e. The highest BCUT2D eigenvalue weighted by molar-refractivity contribution is 9.10. The monoisotopic (exact) mass is 271 g/mol. The van der Waals surface area contributed by atoms with Crippen LogP contribution >= 0.6 is 15.9 Å². The van der Waals surface area contributed by atoms with E-state index in [1.54, 1.807) is 0 Å². The van der Waals surface area contributed by atoms with Gasteiger partial charge >= 0.3 is 0 Å². The molecular formula is C11H18BrN3. The predicted octanol–water partition coefficient (Wildman–Crippen LogP) is 2.52. The fourth-order valence-electron chi connectivity index (χ4n) is 1.19. The molecule has 1 aromatic rings. The minimum atomic E-state index is 0.916. The van der Waals surface area contributed by atoms with E-state index in [4.69, 9.17) is 0 Å². The Morgan fingerprint density at radius 3 is 2.93 bits per heavy atom. The maximum atomic E-state index is 4.29. The molecule has 1 aromatic heterocycles. The lowest BCUT2D eigenvalue weighted by molar-refractivity contribution is 0.367. The standard InChI is InChI=1S/C11H18BrN3/c1-4-15(3)8-7-14-11-10(12)9(2)5-6-13-11/h5-6H,4,7-8H2,1-3H3,(H,13,14). The van der Waals surface area contributed by atoms with Crippen LogP contribution in [0.3, 0.4) is 0 Å². The summed E-state index contributed by atoms with van der Waals surface area (Å²) in [7, 11) is 2.11. The zero-order chi connectivity index (χ0) is 11.3. The van der Waals surface area contributed by atoms with Crippen molar-refractivity contribution in [3.63, 3.8) is 0 Å². The van der Waals surface area contributed by atoms with Crippen molar-refractivity contribution in [2.45, 2.75) is 13.8 Å². The zero-order valence-corrected chi connectivity index (χ0v) is 11.1. The summed E-state index contributed by atoms with van der Waals surface area (Å²) in [6.45, 7) is 7.23. The van der Waals surface area contributed by atoms with E-state index in [-0.39, 0.29) is 0 Å². The molecule has 0 radical (unpaired) electrons. The number of anilines is 1. The van der Waals surface area contributed by atoms with E-state index in [2.05, 4.69) is 52.0 Å². The molecule has 0 saturated carbocycles. The molecule has 0 saturated heterocycles. The number of aryl methyl sites for hydroxylation is 1. The number of hydrogen-bond acceptors (Lipinski definition) is 3. The fraction of sp³-hybridized carbons (Fsp3) is 0.545. The molecule has 0 amide bonds.